The summed E-state index contributed by atoms with van der Waals surface area (Å²) in [6.45, 7) is 5.85. The highest BCUT2D eigenvalue weighted by Crippen LogP contribution is 2.22. The zero-order valence-electron chi connectivity index (χ0n) is 17.2. The fraction of sp³-hybridized carbons (Fsp3) is 0.182. The van der Waals surface area contributed by atoms with E-state index in [1.165, 1.54) is 30.0 Å². The molecule has 1 heterocycles. The largest absolute Gasteiger partial charge is 0.342 e. The van der Waals surface area contributed by atoms with E-state index in [9.17, 15) is 14.0 Å². The van der Waals surface area contributed by atoms with Crippen molar-refractivity contribution in [3.8, 4) is 0 Å². The number of amides is 2. The Morgan fingerprint density at radius 1 is 1.22 bits per heavy atom. The highest BCUT2D eigenvalue weighted by Gasteiger charge is 2.21. The van der Waals surface area contributed by atoms with Crippen LogP contribution in [0, 0.1) is 5.82 Å². The monoisotopic (exact) mass is 473 g/mol. The van der Waals surface area contributed by atoms with Gasteiger partial charge in [0.1, 0.15) is 5.82 Å². The van der Waals surface area contributed by atoms with Gasteiger partial charge in [-0.2, -0.15) is 0 Å². The summed E-state index contributed by atoms with van der Waals surface area (Å²) in [6, 6.07) is 12.0. The predicted molar refractivity (Wildman–Crippen MR) is 123 cm³/mol. The first-order valence-corrected chi connectivity index (χ1v) is 11.0. The number of hydrogen-bond acceptors (Lipinski definition) is 5. The summed E-state index contributed by atoms with van der Waals surface area (Å²) in [7, 11) is 0. The average Bonchev–Trinajstić information content (AvgIpc) is 3.17. The van der Waals surface area contributed by atoms with Gasteiger partial charge in [0.2, 0.25) is 5.91 Å². The van der Waals surface area contributed by atoms with E-state index in [0.717, 1.165) is 0 Å². The van der Waals surface area contributed by atoms with E-state index < -0.39 is 17.8 Å². The van der Waals surface area contributed by atoms with Gasteiger partial charge in [-0.1, -0.05) is 41.6 Å². The molecule has 1 aromatic heterocycles. The number of rotatable bonds is 9. The van der Waals surface area contributed by atoms with Crippen LogP contribution in [0.1, 0.15) is 29.1 Å². The van der Waals surface area contributed by atoms with E-state index in [1.807, 2.05) is 0 Å². The van der Waals surface area contributed by atoms with Gasteiger partial charge in [-0.15, -0.1) is 16.8 Å². The maximum Gasteiger partial charge on any atom is 0.254 e. The fourth-order valence-corrected chi connectivity index (χ4v) is 3.75. The van der Waals surface area contributed by atoms with Crippen LogP contribution in [0.3, 0.4) is 0 Å². The van der Waals surface area contributed by atoms with Gasteiger partial charge in [0.25, 0.3) is 5.91 Å². The summed E-state index contributed by atoms with van der Waals surface area (Å²) in [5.74, 6) is -0.801. The minimum atomic E-state index is -0.604. The van der Waals surface area contributed by atoms with Crippen molar-refractivity contribution in [1.82, 2.24) is 20.1 Å². The molecule has 2 N–H and O–H groups in total. The summed E-state index contributed by atoms with van der Waals surface area (Å²) in [5, 5.41) is 14.9. The Bertz CT molecular complexity index is 1120. The maximum absolute atomic E-state index is 13.9. The van der Waals surface area contributed by atoms with Crippen LogP contribution in [0.5, 0.6) is 0 Å². The van der Waals surface area contributed by atoms with Crippen LogP contribution in [0.2, 0.25) is 5.02 Å². The lowest BCUT2D eigenvalue weighted by Gasteiger charge is -2.15. The molecular formula is C22H21ClFN5O2S. The van der Waals surface area contributed by atoms with Crippen LogP contribution < -0.4 is 10.6 Å². The van der Waals surface area contributed by atoms with Crippen LogP contribution in [-0.4, -0.2) is 32.3 Å². The van der Waals surface area contributed by atoms with E-state index in [1.54, 1.807) is 47.9 Å². The van der Waals surface area contributed by atoms with E-state index in [2.05, 4.69) is 27.4 Å². The molecule has 2 aromatic carbocycles. The van der Waals surface area contributed by atoms with Crippen molar-refractivity contribution in [2.45, 2.75) is 24.7 Å². The summed E-state index contributed by atoms with van der Waals surface area (Å²) in [4.78, 5) is 24.7. The Labute approximate surface area is 194 Å². The van der Waals surface area contributed by atoms with Crippen molar-refractivity contribution >= 4 is 40.9 Å². The summed E-state index contributed by atoms with van der Waals surface area (Å²) in [6.07, 6.45) is 1.66. The van der Waals surface area contributed by atoms with E-state index in [-0.39, 0.29) is 17.2 Å². The lowest BCUT2D eigenvalue weighted by atomic mass is 10.2. The maximum atomic E-state index is 13.9. The molecule has 7 nitrogen and oxygen atoms in total. The Kier molecular flexibility index (Phi) is 8.02. The number of allylic oxidation sites excluding steroid dienone is 1. The van der Waals surface area contributed by atoms with E-state index >= 15 is 0 Å². The Morgan fingerprint density at radius 2 is 1.94 bits per heavy atom. The third-order valence-electron chi connectivity index (χ3n) is 4.37. The molecule has 0 aliphatic carbocycles. The fourth-order valence-electron chi connectivity index (χ4n) is 2.87. The van der Waals surface area contributed by atoms with Crippen LogP contribution in [0.15, 0.2) is 66.3 Å². The van der Waals surface area contributed by atoms with Crippen molar-refractivity contribution in [2.24, 2.45) is 0 Å². The molecule has 1 unspecified atom stereocenters. The van der Waals surface area contributed by atoms with Crippen molar-refractivity contribution in [2.75, 3.05) is 11.1 Å². The second-order valence-electron chi connectivity index (χ2n) is 6.76. The molecule has 10 heteroatoms. The Morgan fingerprint density at radius 3 is 2.62 bits per heavy atom. The van der Waals surface area contributed by atoms with Crippen LogP contribution in [0.4, 0.5) is 10.1 Å². The number of aromatic nitrogens is 3. The minimum absolute atomic E-state index is 0.0531. The molecule has 0 spiro atoms. The second-order valence-corrected chi connectivity index (χ2v) is 8.14. The van der Waals surface area contributed by atoms with Crippen molar-refractivity contribution in [3.05, 3.63) is 83.4 Å². The van der Waals surface area contributed by atoms with Crippen LogP contribution in [0.25, 0.3) is 0 Å². The van der Waals surface area contributed by atoms with E-state index in [0.29, 0.717) is 28.2 Å². The number of anilines is 1. The van der Waals surface area contributed by atoms with E-state index in [4.69, 9.17) is 11.6 Å². The molecule has 0 bridgehead atoms. The lowest BCUT2D eigenvalue weighted by molar-refractivity contribution is -0.113. The molecule has 0 fully saturated rings. The zero-order valence-corrected chi connectivity index (χ0v) is 18.8. The van der Waals surface area contributed by atoms with Gasteiger partial charge in [0, 0.05) is 17.3 Å². The Hall–Kier alpha value is -3.17. The first-order chi connectivity index (χ1) is 15.4. The van der Waals surface area contributed by atoms with Crippen molar-refractivity contribution in [1.29, 1.82) is 0 Å². The highest BCUT2D eigenvalue weighted by atomic mass is 35.5. The predicted octanol–water partition coefficient (Wildman–Crippen LogP) is 4.48. The summed E-state index contributed by atoms with van der Waals surface area (Å²) < 4.78 is 15.6. The molecule has 2 amide bonds. The van der Waals surface area contributed by atoms with Gasteiger partial charge in [0.15, 0.2) is 11.0 Å². The second kappa shape index (κ2) is 10.9. The van der Waals surface area contributed by atoms with Crippen molar-refractivity contribution in [3.63, 3.8) is 0 Å². The number of hydrogen-bond donors (Lipinski definition) is 2. The SMILES string of the molecule is C=CCn1c(SCC(=O)Nc2ccc(Cl)cc2)nnc1C(C)NC(=O)c1ccccc1F. The average molecular weight is 474 g/mol. The summed E-state index contributed by atoms with van der Waals surface area (Å²) in [5.41, 5.74) is 0.584. The van der Waals surface area contributed by atoms with Gasteiger partial charge >= 0.3 is 0 Å². The number of nitrogens with zero attached hydrogens (tertiary/aromatic N) is 3. The topological polar surface area (TPSA) is 88.9 Å². The third-order valence-corrected chi connectivity index (χ3v) is 5.59. The van der Waals surface area contributed by atoms with Crippen LogP contribution >= 0.6 is 23.4 Å². The minimum Gasteiger partial charge on any atom is -0.342 e. The number of carbonyl (C=O) groups excluding carboxylic acids is 2. The summed E-state index contributed by atoms with van der Waals surface area (Å²) >= 11 is 7.05. The van der Waals surface area contributed by atoms with Gasteiger partial charge < -0.3 is 15.2 Å². The molecule has 1 atom stereocenters. The van der Waals surface area contributed by atoms with Gasteiger partial charge in [-0.25, -0.2) is 4.39 Å². The molecule has 3 rings (SSSR count). The number of nitrogens with one attached hydrogen (secondary N) is 2. The normalized spacial score (nSPS) is 11.6. The molecule has 0 radical (unpaired) electrons. The molecule has 32 heavy (non-hydrogen) atoms. The Balaban J connectivity index is 1.67. The highest BCUT2D eigenvalue weighted by molar-refractivity contribution is 7.99. The standard InChI is InChI=1S/C22H21ClFN5O2S/c1-3-12-29-20(14(2)25-21(31)17-6-4-5-7-18(17)24)27-28-22(29)32-13-19(30)26-16-10-8-15(23)9-11-16/h3-11,14H,1,12-13H2,2H3,(H,25,31)(H,26,30). The smallest absolute Gasteiger partial charge is 0.254 e. The van der Waals surface area contributed by atoms with Crippen LogP contribution in [-0.2, 0) is 11.3 Å². The van der Waals surface area contributed by atoms with Gasteiger partial charge in [0.05, 0.1) is 17.4 Å². The van der Waals surface area contributed by atoms with Gasteiger partial charge in [-0.05, 0) is 43.3 Å². The number of benzene rings is 2. The first kappa shape index (κ1) is 23.5. The molecule has 0 saturated carbocycles. The molecular weight excluding hydrogens is 453 g/mol. The molecule has 0 aliphatic rings. The number of thioether (sulfide) groups is 1. The molecule has 0 aliphatic heterocycles. The quantitative estimate of drug-likeness (QED) is 0.353. The van der Waals surface area contributed by atoms with Gasteiger partial charge in [-0.3, -0.25) is 9.59 Å². The third kappa shape index (κ3) is 5.95. The first-order valence-electron chi connectivity index (χ1n) is 9.66. The molecule has 166 valence electrons. The zero-order chi connectivity index (χ0) is 23.1. The molecule has 3 aromatic rings. The number of carbonyl (C=O) groups is 2. The van der Waals surface area contributed by atoms with Crippen molar-refractivity contribution < 1.29 is 14.0 Å². The molecule has 0 saturated heterocycles. The number of halogens is 2. The lowest BCUT2D eigenvalue weighted by Crippen LogP contribution is -2.29.